The molecule has 0 radical (unpaired) electrons. The normalized spacial score (nSPS) is 12.8. The molecule has 4 rings (SSSR count). The summed E-state index contributed by atoms with van der Waals surface area (Å²) in [6.45, 7) is 4.89. The van der Waals surface area contributed by atoms with Crippen LogP contribution in [-0.2, 0) is 11.3 Å². The molecule has 0 fully saturated rings. The highest BCUT2D eigenvalue weighted by Gasteiger charge is 2.25. The fourth-order valence-corrected chi connectivity index (χ4v) is 3.22. The van der Waals surface area contributed by atoms with Gasteiger partial charge in [-0.15, -0.1) is 0 Å². The van der Waals surface area contributed by atoms with E-state index in [1.165, 1.54) is 12.4 Å². The fourth-order valence-electron chi connectivity index (χ4n) is 3.22. The number of hydrogen-bond donors (Lipinski definition) is 1. The number of fused-ring (bicyclic) bond motifs is 3. The lowest BCUT2D eigenvalue weighted by molar-refractivity contribution is -0.114. The van der Waals surface area contributed by atoms with Crippen molar-refractivity contribution in [1.29, 1.82) is 0 Å². The third kappa shape index (κ3) is 3.09. The number of carbonyl (C=O) groups is 1. The van der Waals surface area contributed by atoms with Crippen molar-refractivity contribution in [3.8, 4) is 11.6 Å². The van der Waals surface area contributed by atoms with Gasteiger partial charge in [0.25, 0.3) is 5.91 Å². The summed E-state index contributed by atoms with van der Waals surface area (Å²) < 4.78 is 11.2. The van der Waals surface area contributed by atoms with Gasteiger partial charge in [0.2, 0.25) is 5.88 Å². The second kappa shape index (κ2) is 7.51. The van der Waals surface area contributed by atoms with Crippen LogP contribution in [0.4, 0.5) is 11.5 Å². The van der Waals surface area contributed by atoms with Crippen LogP contribution >= 0.6 is 0 Å². The number of methoxy groups -OCH3 is 1. The Hall–Kier alpha value is -3.68. The number of nitrogens with zero attached hydrogens (tertiary/aromatic N) is 4. The third-order valence-electron chi connectivity index (χ3n) is 4.52. The second-order valence-corrected chi connectivity index (χ2v) is 6.10. The maximum atomic E-state index is 12.2. The first kappa shape index (κ1) is 17.7. The highest BCUT2D eigenvalue weighted by molar-refractivity contribution is 6.07. The van der Waals surface area contributed by atoms with E-state index >= 15 is 0 Å². The van der Waals surface area contributed by atoms with Crippen molar-refractivity contribution in [3.63, 3.8) is 0 Å². The molecule has 1 aliphatic heterocycles. The Morgan fingerprint density at radius 1 is 1.36 bits per heavy atom. The van der Waals surface area contributed by atoms with Gasteiger partial charge in [0.15, 0.2) is 5.75 Å². The largest absolute Gasteiger partial charge is 0.489 e. The third-order valence-corrected chi connectivity index (χ3v) is 4.52. The van der Waals surface area contributed by atoms with Gasteiger partial charge < -0.3 is 19.7 Å². The molecule has 2 aromatic heterocycles. The number of benzene rings is 1. The molecule has 142 valence electrons. The lowest BCUT2D eigenvalue weighted by Gasteiger charge is -2.29. The lowest BCUT2D eigenvalue weighted by atomic mass is 10.1. The minimum Gasteiger partial charge on any atom is -0.489 e. The quantitative estimate of drug-likeness (QED) is 0.684. The Labute approximate surface area is 161 Å². The first-order valence-electron chi connectivity index (χ1n) is 8.79. The molecular formula is C20H19N5O3. The molecule has 1 aromatic carbocycles. The molecule has 1 N–H and O–H groups in total. The minimum absolute atomic E-state index is 0.171. The van der Waals surface area contributed by atoms with Gasteiger partial charge in [-0.1, -0.05) is 12.6 Å². The number of anilines is 2. The predicted octanol–water partition coefficient (Wildman–Crippen LogP) is 2.56. The van der Waals surface area contributed by atoms with Crippen molar-refractivity contribution in [1.82, 2.24) is 15.0 Å². The van der Waals surface area contributed by atoms with Gasteiger partial charge in [0.1, 0.15) is 18.8 Å². The molecule has 1 amide bonds. The molecule has 8 heteroatoms. The SMILES string of the molecule is C=CC(=O)N1CCOc2c1ccc1ncnc(NCc3cccnc3OC)c21. The van der Waals surface area contributed by atoms with Gasteiger partial charge >= 0.3 is 0 Å². The summed E-state index contributed by atoms with van der Waals surface area (Å²) in [7, 11) is 1.58. The van der Waals surface area contributed by atoms with Crippen molar-refractivity contribution in [3.05, 3.63) is 55.0 Å². The van der Waals surface area contributed by atoms with E-state index in [0.29, 0.717) is 42.8 Å². The standard InChI is InChI=1S/C20H19N5O3/c1-3-16(26)25-9-10-28-18-15(25)7-6-14-17(18)19(24-12-23-14)22-11-13-5-4-8-21-20(13)27-2/h3-8,12H,1,9-11H2,2H3,(H,22,23,24). The van der Waals surface area contributed by atoms with Crippen LogP contribution in [0, 0.1) is 0 Å². The fraction of sp³-hybridized carbons (Fsp3) is 0.200. The van der Waals surface area contributed by atoms with Crippen LogP contribution in [0.2, 0.25) is 0 Å². The Morgan fingerprint density at radius 3 is 3.07 bits per heavy atom. The van der Waals surface area contributed by atoms with Crippen molar-refractivity contribution in [2.45, 2.75) is 6.54 Å². The van der Waals surface area contributed by atoms with Crippen LogP contribution < -0.4 is 19.7 Å². The van der Waals surface area contributed by atoms with Gasteiger partial charge in [0, 0.05) is 18.3 Å². The molecule has 3 heterocycles. The van der Waals surface area contributed by atoms with Gasteiger partial charge in [-0.25, -0.2) is 15.0 Å². The summed E-state index contributed by atoms with van der Waals surface area (Å²) in [5, 5.41) is 4.04. The van der Waals surface area contributed by atoms with E-state index in [1.54, 1.807) is 18.2 Å². The van der Waals surface area contributed by atoms with Crippen molar-refractivity contribution in [2.24, 2.45) is 0 Å². The summed E-state index contributed by atoms with van der Waals surface area (Å²) in [6, 6.07) is 7.46. The Morgan fingerprint density at radius 2 is 2.25 bits per heavy atom. The smallest absolute Gasteiger partial charge is 0.250 e. The van der Waals surface area contributed by atoms with E-state index in [4.69, 9.17) is 9.47 Å². The van der Waals surface area contributed by atoms with Crippen molar-refractivity contribution in [2.75, 3.05) is 30.5 Å². The van der Waals surface area contributed by atoms with E-state index in [2.05, 4.69) is 26.8 Å². The Kier molecular flexibility index (Phi) is 4.76. The molecule has 1 aliphatic rings. The van der Waals surface area contributed by atoms with Gasteiger partial charge in [0.05, 0.1) is 30.2 Å². The molecule has 0 saturated heterocycles. The van der Waals surface area contributed by atoms with Gasteiger partial charge in [-0.3, -0.25) is 4.79 Å². The number of carbonyl (C=O) groups excluding carboxylic acids is 1. The van der Waals surface area contributed by atoms with Crippen LogP contribution in [0.25, 0.3) is 10.9 Å². The zero-order valence-electron chi connectivity index (χ0n) is 15.4. The van der Waals surface area contributed by atoms with E-state index < -0.39 is 0 Å². The Bertz CT molecular complexity index is 1050. The molecule has 0 saturated carbocycles. The van der Waals surface area contributed by atoms with Gasteiger partial charge in [-0.05, 0) is 24.3 Å². The van der Waals surface area contributed by atoms with E-state index in [0.717, 1.165) is 16.5 Å². The molecule has 0 spiro atoms. The zero-order valence-corrected chi connectivity index (χ0v) is 15.4. The average Bonchev–Trinajstić information content (AvgIpc) is 2.76. The second-order valence-electron chi connectivity index (χ2n) is 6.10. The lowest BCUT2D eigenvalue weighted by Crippen LogP contribution is -2.36. The maximum absolute atomic E-state index is 12.2. The monoisotopic (exact) mass is 377 g/mol. The average molecular weight is 377 g/mol. The summed E-state index contributed by atoms with van der Waals surface area (Å²) >= 11 is 0. The number of nitrogens with one attached hydrogen (secondary N) is 1. The summed E-state index contributed by atoms with van der Waals surface area (Å²) in [4.78, 5) is 26.8. The Balaban J connectivity index is 1.75. The van der Waals surface area contributed by atoms with Crippen molar-refractivity contribution >= 4 is 28.3 Å². The number of pyridine rings is 1. The number of aromatic nitrogens is 3. The summed E-state index contributed by atoms with van der Waals surface area (Å²) in [6.07, 6.45) is 4.47. The molecule has 0 unspecified atom stereocenters. The molecule has 0 bridgehead atoms. The number of amides is 1. The highest BCUT2D eigenvalue weighted by Crippen LogP contribution is 2.40. The van der Waals surface area contributed by atoms with E-state index in [1.807, 2.05) is 24.3 Å². The van der Waals surface area contributed by atoms with Crippen LogP contribution in [0.1, 0.15) is 5.56 Å². The van der Waals surface area contributed by atoms with E-state index in [-0.39, 0.29) is 5.91 Å². The molecular weight excluding hydrogens is 358 g/mol. The van der Waals surface area contributed by atoms with E-state index in [9.17, 15) is 4.79 Å². The topological polar surface area (TPSA) is 89.5 Å². The van der Waals surface area contributed by atoms with Crippen LogP contribution in [0.3, 0.4) is 0 Å². The highest BCUT2D eigenvalue weighted by atomic mass is 16.5. The van der Waals surface area contributed by atoms with Gasteiger partial charge in [-0.2, -0.15) is 0 Å². The number of hydrogen-bond acceptors (Lipinski definition) is 7. The first-order valence-corrected chi connectivity index (χ1v) is 8.79. The molecule has 0 aliphatic carbocycles. The first-order chi connectivity index (χ1) is 13.7. The van der Waals surface area contributed by atoms with Crippen LogP contribution in [-0.4, -0.2) is 41.1 Å². The molecule has 3 aromatic rings. The molecule has 0 atom stereocenters. The molecule has 28 heavy (non-hydrogen) atoms. The number of ether oxygens (including phenoxy) is 2. The molecule has 8 nitrogen and oxygen atoms in total. The minimum atomic E-state index is -0.171. The van der Waals surface area contributed by atoms with Crippen molar-refractivity contribution < 1.29 is 14.3 Å². The number of rotatable bonds is 5. The summed E-state index contributed by atoms with van der Waals surface area (Å²) in [5.41, 5.74) is 2.30. The zero-order chi connectivity index (χ0) is 19.5. The predicted molar refractivity (Wildman–Crippen MR) is 106 cm³/mol. The van der Waals surface area contributed by atoms with Crippen LogP contribution in [0.15, 0.2) is 49.4 Å². The maximum Gasteiger partial charge on any atom is 0.250 e. The van der Waals surface area contributed by atoms with Crippen LogP contribution in [0.5, 0.6) is 11.6 Å². The summed E-state index contributed by atoms with van der Waals surface area (Å²) in [5.74, 6) is 1.57.